The molecule has 1 saturated carbocycles. The van der Waals surface area contributed by atoms with Gasteiger partial charge in [-0.1, -0.05) is 12.1 Å². The Labute approximate surface area is 146 Å². The Balaban J connectivity index is 1.84. The molecule has 25 heavy (non-hydrogen) atoms. The molecule has 1 aromatic carbocycles. The molecule has 2 aliphatic rings. The van der Waals surface area contributed by atoms with Crippen molar-refractivity contribution in [3.63, 3.8) is 0 Å². The lowest BCUT2D eigenvalue weighted by molar-refractivity contribution is -0.141. The molecular weight excluding hydrogens is 327 g/mol. The normalized spacial score (nSPS) is 25.3. The fourth-order valence-corrected chi connectivity index (χ4v) is 3.54. The number of amides is 2. The van der Waals surface area contributed by atoms with E-state index in [0.717, 1.165) is 0 Å². The number of halogens is 1. The molecule has 1 aromatic rings. The second-order valence-electron chi connectivity index (χ2n) is 6.90. The lowest BCUT2D eigenvalue weighted by Crippen LogP contribution is -2.52. The molecule has 136 valence electrons. The van der Waals surface area contributed by atoms with Gasteiger partial charge in [-0.05, 0) is 30.5 Å². The van der Waals surface area contributed by atoms with Crippen molar-refractivity contribution in [2.24, 2.45) is 5.73 Å². The van der Waals surface area contributed by atoms with Gasteiger partial charge in [0.25, 0.3) is 0 Å². The van der Waals surface area contributed by atoms with Crippen LogP contribution in [-0.2, 0) is 24.5 Å². The van der Waals surface area contributed by atoms with E-state index in [1.807, 2.05) is 0 Å². The zero-order valence-corrected chi connectivity index (χ0v) is 14.3. The largest absolute Gasteiger partial charge is 0.377 e. The SMILES string of the molecule is CO[C@@]1(CC(N)=O)COCCN(C(=O)C2(c3cccc(F)c3)CC2)C1. The molecule has 1 saturated heterocycles. The van der Waals surface area contributed by atoms with Crippen LogP contribution in [0.2, 0.25) is 0 Å². The first kappa shape index (κ1) is 17.8. The van der Waals surface area contributed by atoms with Gasteiger partial charge in [0.2, 0.25) is 11.8 Å². The minimum Gasteiger partial charge on any atom is -0.377 e. The van der Waals surface area contributed by atoms with Crippen LogP contribution in [0, 0.1) is 5.82 Å². The van der Waals surface area contributed by atoms with Crippen molar-refractivity contribution in [2.45, 2.75) is 30.3 Å². The van der Waals surface area contributed by atoms with Gasteiger partial charge in [0.15, 0.2) is 0 Å². The van der Waals surface area contributed by atoms with Gasteiger partial charge in [-0.2, -0.15) is 0 Å². The van der Waals surface area contributed by atoms with E-state index in [1.165, 1.54) is 19.2 Å². The highest BCUT2D eigenvalue weighted by atomic mass is 19.1. The standard InChI is InChI=1S/C18H23FN2O4/c1-24-17(10-15(20)22)11-21(7-8-25-12-17)16(23)18(5-6-18)13-3-2-4-14(19)9-13/h2-4,9H,5-8,10-12H2,1H3,(H2,20,22)/t17-/m1/s1. The molecule has 3 rings (SSSR count). The Hall–Kier alpha value is -1.99. The first-order chi connectivity index (χ1) is 11.9. The molecule has 0 spiro atoms. The number of ether oxygens (including phenoxy) is 2. The summed E-state index contributed by atoms with van der Waals surface area (Å²) in [7, 11) is 1.49. The van der Waals surface area contributed by atoms with E-state index >= 15 is 0 Å². The van der Waals surface area contributed by atoms with Gasteiger partial charge in [-0.3, -0.25) is 9.59 Å². The van der Waals surface area contributed by atoms with Crippen molar-refractivity contribution in [1.82, 2.24) is 4.90 Å². The quantitative estimate of drug-likeness (QED) is 0.858. The Morgan fingerprint density at radius 1 is 1.40 bits per heavy atom. The highest BCUT2D eigenvalue weighted by Crippen LogP contribution is 2.50. The van der Waals surface area contributed by atoms with Gasteiger partial charge < -0.3 is 20.1 Å². The Morgan fingerprint density at radius 2 is 2.16 bits per heavy atom. The van der Waals surface area contributed by atoms with E-state index in [4.69, 9.17) is 15.2 Å². The van der Waals surface area contributed by atoms with Crippen LogP contribution in [0.4, 0.5) is 4.39 Å². The van der Waals surface area contributed by atoms with Crippen LogP contribution in [0.25, 0.3) is 0 Å². The average Bonchev–Trinajstić information content (AvgIpc) is 3.39. The second kappa shape index (κ2) is 6.72. The van der Waals surface area contributed by atoms with Crippen LogP contribution >= 0.6 is 0 Å². The summed E-state index contributed by atoms with van der Waals surface area (Å²) in [4.78, 5) is 26.3. The van der Waals surface area contributed by atoms with Crippen molar-refractivity contribution < 1.29 is 23.5 Å². The van der Waals surface area contributed by atoms with Gasteiger partial charge in [-0.15, -0.1) is 0 Å². The zero-order valence-electron chi connectivity index (χ0n) is 14.3. The third kappa shape index (κ3) is 3.52. The summed E-state index contributed by atoms with van der Waals surface area (Å²) in [6.45, 7) is 1.18. The second-order valence-corrected chi connectivity index (χ2v) is 6.90. The minimum absolute atomic E-state index is 0.0275. The summed E-state index contributed by atoms with van der Waals surface area (Å²) in [6.07, 6.45) is 1.34. The molecular formula is C18H23FN2O4. The summed E-state index contributed by atoms with van der Waals surface area (Å²) in [5.41, 5.74) is 4.41. The molecule has 2 fully saturated rings. The number of carbonyl (C=O) groups is 2. The predicted molar refractivity (Wildman–Crippen MR) is 88.3 cm³/mol. The molecule has 6 nitrogen and oxygen atoms in total. The molecule has 0 radical (unpaired) electrons. The summed E-state index contributed by atoms with van der Waals surface area (Å²) in [5.74, 6) is -0.934. The molecule has 2 amide bonds. The predicted octanol–water partition coefficient (Wildman–Crippen LogP) is 0.977. The highest BCUT2D eigenvalue weighted by Gasteiger charge is 2.54. The maximum atomic E-state index is 13.6. The number of hydrogen-bond donors (Lipinski definition) is 1. The first-order valence-corrected chi connectivity index (χ1v) is 8.37. The molecule has 0 aromatic heterocycles. The van der Waals surface area contributed by atoms with E-state index in [-0.39, 0.29) is 31.3 Å². The monoisotopic (exact) mass is 350 g/mol. The van der Waals surface area contributed by atoms with Crippen LogP contribution < -0.4 is 5.73 Å². The van der Waals surface area contributed by atoms with Crippen molar-refractivity contribution in [1.29, 1.82) is 0 Å². The van der Waals surface area contributed by atoms with Crippen LogP contribution in [0.3, 0.4) is 0 Å². The van der Waals surface area contributed by atoms with Gasteiger partial charge in [0, 0.05) is 13.7 Å². The summed E-state index contributed by atoms with van der Waals surface area (Å²) in [5, 5.41) is 0. The van der Waals surface area contributed by atoms with Gasteiger partial charge in [0.1, 0.15) is 11.4 Å². The molecule has 1 aliphatic heterocycles. The topological polar surface area (TPSA) is 81.9 Å². The lowest BCUT2D eigenvalue weighted by atomic mass is 9.92. The van der Waals surface area contributed by atoms with E-state index in [9.17, 15) is 14.0 Å². The summed E-state index contributed by atoms with van der Waals surface area (Å²) in [6, 6.07) is 6.20. The van der Waals surface area contributed by atoms with Gasteiger partial charge in [-0.25, -0.2) is 4.39 Å². The summed E-state index contributed by atoms with van der Waals surface area (Å²) >= 11 is 0. The number of nitrogens with two attached hydrogens (primary N) is 1. The minimum atomic E-state index is -0.948. The van der Waals surface area contributed by atoms with Crippen LogP contribution in [0.1, 0.15) is 24.8 Å². The Kier molecular flexibility index (Phi) is 4.79. The molecule has 2 N–H and O–H groups in total. The maximum Gasteiger partial charge on any atom is 0.233 e. The van der Waals surface area contributed by atoms with Crippen molar-refractivity contribution >= 4 is 11.8 Å². The van der Waals surface area contributed by atoms with Gasteiger partial charge in [0.05, 0.1) is 31.6 Å². The van der Waals surface area contributed by atoms with Crippen molar-refractivity contribution in [3.05, 3.63) is 35.6 Å². The molecule has 1 atom stereocenters. The van der Waals surface area contributed by atoms with E-state index in [0.29, 0.717) is 31.6 Å². The van der Waals surface area contributed by atoms with E-state index in [2.05, 4.69) is 0 Å². The Morgan fingerprint density at radius 3 is 2.76 bits per heavy atom. The fourth-order valence-electron chi connectivity index (χ4n) is 3.54. The van der Waals surface area contributed by atoms with Crippen LogP contribution in [0.5, 0.6) is 0 Å². The van der Waals surface area contributed by atoms with E-state index < -0.39 is 16.9 Å². The average molecular weight is 350 g/mol. The molecule has 1 heterocycles. The number of benzene rings is 1. The van der Waals surface area contributed by atoms with Crippen molar-refractivity contribution in [2.75, 3.05) is 33.4 Å². The zero-order chi connectivity index (χ0) is 18.1. The summed E-state index contributed by atoms with van der Waals surface area (Å²) < 4.78 is 24.7. The first-order valence-electron chi connectivity index (χ1n) is 8.37. The number of nitrogens with zero attached hydrogens (tertiary/aromatic N) is 1. The smallest absolute Gasteiger partial charge is 0.233 e. The van der Waals surface area contributed by atoms with Crippen LogP contribution in [0.15, 0.2) is 24.3 Å². The third-order valence-electron chi connectivity index (χ3n) is 5.10. The van der Waals surface area contributed by atoms with Gasteiger partial charge >= 0.3 is 0 Å². The highest BCUT2D eigenvalue weighted by molar-refractivity contribution is 5.91. The lowest BCUT2D eigenvalue weighted by Gasteiger charge is -2.35. The molecule has 0 bridgehead atoms. The number of hydrogen-bond acceptors (Lipinski definition) is 4. The number of primary amides is 1. The van der Waals surface area contributed by atoms with E-state index in [1.54, 1.807) is 17.0 Å². The molecule has 1 aliphatic carbocycles. The number of carbonyl (C=O) groups excluding carboxylic acids is 2. The fraction of sp³-hybridized carbons (Fsp3) is 0.556. The molecule has 0 unspecified atom stereocenters. The number of methoxy groups -OCH3 is 1. The Bertz CT molecular complexity index is 677. The maximum absolute atomic E-state index is 13.6. The molecule has 7 heteroatoms. The number of rotatable bonds is 5. The van der Waals surface area contributed by atoms with Crippen molar-refractivity contribution in [3.8, 4) is 0 Å². The van der Waals surface area contributed by atoms with Crippen LogP contribution in [-0.4, -0.2) is 55.7 Å². The third-order valence-corrected chi connectivity index (χ3v) is 5.10.